The molecule has 4 nitrogen and oxygen atoms in total. The van der Waals surface area contributed by atoms with E-state index in [4.69, 9.17) is 20.5 Å². The molecule has 2 bridgehead atoms. The third kappa shape index (κ3) is 1.48. The van der Waals surface area contributed by atoms with E-state index in [0.29, 0.717) is 6.42 Å². The van der Waals surface area contributed by atoms with Gasteiger partial charge >= 0.3 is 0 Å². The summed E-state index contributed by atoms with van der Waals surface area (Å²) in [7, 11) is 0. The van der Waals surface area contributed by atoms with Crippen molar-refractivity contribution >= 4 is 0 Å². The lowest BCUT2D eigenvalue weighted by atomic mass is 9.93. The normalized spacial score (nSPS) is 32.6. The van der Waals surface area contributed by atoms with Crippen molar-refractivity contribution in [3.8, 4) is 18.2 Å². The van der Waals surface area contributed by atoms with E-state index < -0.39 is 0 Å². The van der Waals surface area contributed by atoms with Gasteiger partial charge in [0.25, 0.3) is 0 Å². The molecule has 4 heteroatoms. The molecule has 0 unspecified atom stereocenters. The van der Waals surface area contributed by atoms with E-state index in [-0.39, 0.29) is 23.7 Å². The lowest BCUT2D eigenvalue weighted by molar-refractivity contribution is 0.0326. The zero-order chi connectivity index (χ0) is 10.8. The maximum atomic E-state index is 8.94. The summed E-state index contributed by atoms with van der Waals surface area (Å²) in [4.78, 5) is 0. The molecule has 0 radical (unpaired) electrons. The average Bonchev–Trinajstić information content (AvgIpc) is 2.60. The molecule has 15 heavy (non-hydrogen) atoms. The maximum Gasteiger partial charge on any atom is 0.131 e. The zero-order valence-electron chi connectivity index (χ0n) is 8.10. The number of hydrogen-bond acceptors (Lipinski definition) is 4. The Bertz CT molecular complexity index is 416. The van der Waals surface area contributed by atoms with Crippen molar-refractivity contribution in [2.45, 2.75) is 31.5 Å². The Hall–Kier alpha value is -1.83. The molecule has 0 aromatic carbocycles. The lowest BCUT2D eigenvalue weighted by Gasteiger charge is -2.23. The Morgan fingerprint density at radius 3 is 2.60 bits per heavy atom. The van der Waals surface area contributed by atoms with Crippen LogP contribution in [0.5, 0.6) is 0 Å². The number of nitriles is 3. The van der Waals surface area contributed by atoms with Crippen LogP contribution in [0.3, 0.4) is 0 Å². The quantitative estimate of drug-likeness (QED) is 0.552. The molecule has 0 amide bonds. The molecule has 2 rings (SSSR count). The van der Waals surface area contributed by atoms with Crippen LogP contribution >= 0.6 is 0 Å². The highest BCUT2D eigenvalue weighted by Crippen LogP contribution is 2.40. The molecule has 74 valence electrons. The van der Waals surface area contributed by atoms with Crippen molar-refractivity contribution < 1.29 is 4.74 Å². The molecule has 0 aliphatic carbocycles. The lowest BCUT2D eigenvalue weighted by Crippen LogP contribution is -2.24. The third-order valence-corrected chi connectivity index (χ3v) is 3.01. The molecule has 2 aliphatic heterocycles. The van der Waals surface area contributed by atoms with Crippen LogP contribution in [0, 0.1) is 39.9 Å². The van der Waals surface area contributed by atoms with Crippen molar-refractivity contribution in [1.29, 1.82) is 15.8 Å². The van der Waals surface area contributed by atoms with Gasteiger partial charge in [0.05, 0.1) is 24.2 Å². The highest BCUT2D eigenvalue weighted by Gasteiger charge is 2.42. The SMILES string of the molecule is N#CC(C#N)=C1CC[C@@H]2C[C@@H](C#N)[C@H]1O2. The molecule has 0 aromatic heterocycles. The first-order chi connectivity index (χ1) is 7.30. The number of fused-ring (bicyclic) bond motifs is 2. The number of allylic oxidation sites excluding steroid dienone is 1. The number of nitrogens with zero attached hydrogens (tertiary/aromatic N) is 3. The fraction of sp³-hybridized carbons (Fsp3) is 0.545. The minimum Gasteiger partial charge on any atom is -0.369 e. The standard InChI is InChI=1S/C11H9N3O/c12-4-7-3-9-1-2-10(11(7)15-9)8(5-13)6-14/h7,9,11H,1-3H2/t7-,9+,11+/m0/s1. The summed E-state index contributed by atoms with van der Waals surface area (Å²) >= 11 is 0. The Morgan fingerprint density at radius 1 is 1.27 bits per heavy atom. The minimum atomic E-state index is -0.317. The summed E-state index contributed by atoms with van der Waals surface area (Å²) in [6.07, 6.45) is 2.08. The second-order valence-electron chi connectivity index (χ2n) is 3.81. The number of rotatable bonds is 0. The van der Waals surface area contributed by atoms with Crippen molar-refractivity contribution in [2.75, 3.05) is 0 Å². The van der Waals surface area contributed by atoms with Crippen LogP contribution in [0.2, 0.25) is 0 Å². The van der Waals surface area contributed by atoms with Gasteiger partial charge < -0.3 is 4.74 Å². The first-order valence-corrected chi connectivity index (χ1v) is 4.88. The molecule has 2 saturated heterocycles. The average molecular weight is 199 g/mol. The molecular formula is C11H9N3O. The molecule has 2 fully saturated rings. The monoisotopic (exact) mass is 199 g/mol. The zero-order valence-corrected chi connectivity index (χ0v) is 8.10. The van der Waals surface area contributed by atoms with Gasteiger partial charge in [0.15, 0.2) is 0 Å². The van der Waals surface area contributed by atoms with Crippen LogP contribution in [0.15, 0.2) is 11.1 Å². The fourth-order valence-corrected chi connectivity index (χ4v) is 2.29. The van der Waals surface area contributed by atoms with Gasteiger partial charge in [0, 0.05) is 0 Å². The smallest absolute Gasteiger partial charge is 0.131 e. The highest BCUT2D eigenvalue weighted by molar-refractivity contribution is 5.43. The maximum absolute atomic E-state index is 8.94. The predicted molar refractivity (Wildman–Crippen MR) is 49.9 cm³/mol. The topological polar surface area (TPSA) is 80.6 Å². The fourth-order valence-electron chi connectivity index (χ4n) is 2.29. The van der Waals surface area contributed by atoms with Crippen LogP contribution in [-0.2, 0) is 4.74 Å². The molecule has 3 atom stereocenters. The Morgan fingerprint density at radius 2 is 2.00 bits per heavy atom. The van der Waals surface area contributed by atoms with Gasteiger partial charge in [-0.25, -0.2) is 0 Å². The molecule has 0 N–H and O–H groups in total. The predicted octanol–water partition coefficient (Wildman–Crippen LogP) is 1.42. The van der Waals surface area contributed by atoms with Crippen LogP contribution in [-0.4, -0.2) is 12.2 Å². The summed E-state index contributed by atoms with van der Waals surface area (Å²) in [5, 5.41) is 26.5. The Balaban J connectivity index is 2.38. The van der Waals surface area contributed by atoms with E-state index >= 15 is 0 Å². The van der Waals surface area contributed by atoms with E-state index in [2.05, 4.69) is 6.07 Å². The van der Waals surface area contributed by atoms with Crippen LogP contribution < -0.4 is 0 Å². The molecular weight excluding hydrogens is 190 g/mol. The van der Waals surface area contributed by atoms with Crippen molar-refractivity contribution in [3.05, 3.63) is 11.1 Å². The summed E-state index contributed by atoms with van der Waals surface area (Å²) < 4.78 is 5.62. The second kappa shape index (κ2) is 3.73. The van der Waals surface area contributed by atoms with Gasteiger partial charge in [0.1, 0.15) is 17.7 Å². The van der Waals surface area contributed by atoms with Gasteiger partial charge in [-0.3, -0.25) is 0 Å². The summed E-state index contributed by atoms with van der Waals surface area (Å²) in [5.41, 5.74) is 0.848. The number of ether oxygens (including phenoxy) is 1. The molecule has 2 heterocycles. The van der Waals surface area contributed by atoms with Crippen molar-refractivity contribution in [1.82, 2.24) is 0 Å². The Labute approximate surface area is 88.0 Å². The van der Waals surface area contributed by atoms with E-state index in [1.807, 2.05) is 12.1 Å². The van der Waals surface area contributed by atoms with Crippen LogP contribution in [0.1, 0.15) is 19.3 Å². The largest absolute Gasteiger partial charge is 0.369 e. The van der Waals surface area contributed by atoms with E-state index in [1.54, 1.807) is 0 Å². The molecule has 0 spiro atoms. The highest BCUT2D eigenvalue weighted by atomic mass is 16.5. The van der Waals surface area contributed by atoms with Crippen molar-refractivity contribution in [3.63, 3.8) is 0 Å². The van der Waals surface area contributed by atoms with Gasteiger partial charge in [-0.15, -0.1) is 0 Å². The van der Waals surface area contributed by atoms with Gasteiger partial charge in [-0.1, -0.05) is 0 Å². The van der Waals surface area contributed by atoms with Crippen LogP contribution in [0.4, 0.5) is 0 Å². The number of hydrogen-bond donors (Lipinski definition) is 0. The Kier molecular flexibility index (Phi) is 2.42. The van der Waals surface area contributed by atoms with Crippen molar-refractivity contribution in [2.24, 2.45) is 5.92 Å². The molecule has 0 saturated carbocycles. The summed E-state index contributed by atoms with van der Waals surface area (Å²) in [6, 6.07) is 5.95. The van der Waals surface area contributed by atoms with E-state index in [1.165, 1.54) is 0 Å². The van der Waals surface area contributed by atoms with Gasteiger partial charge in [0.2, 0.25) is 0 Å². The van der Waals surface area contributed by atoms with E-state index in [0.717, 1.165) is 18.4 Å². The first kappa shape index (κ1) is 9.71. The second-order valence-corrected chi connectivity index (χ2v) is 3.81. The van der Waals surface area contributed by atoms with Crippen LogP contribution in [0.25, 0.3) is 0 Å². The molecule has 2 aliphatic rings. The summed E-state index contributed by atoms with van der Waals surface area (Å²) in [6.45, 7) is 0. The third-order valence-electron chi connectivity index (χ3n) is 3.01. The first-order valence-electron chi connectivity index (χ1n) is 4.88. The van der Waals surface area contributed by atoms with E-state index in [9.17, 15) is 0 Å². The van der Waals surface area contributed by atoms with Gasteiger partial charge in [-0.2, -0.15) is 15.8 Å². The summed E-state index contributed by atoms with van der Waals surface area (Å²) in [5.74, 6) is -0.191. The molecule has 0 aromatic rings. The van der Waals surface area contributed by atoms with Gasteiger partial charge in [-0.05, 0) is 24.8 Å². The minimum absolute atomic E-state index is 0.126.